The number of amides is 2. The van der Waals surface area contributed by atoms with Crippen molar-refractivity contribution >= 4 is 34.8 Å². The molecule has 2 unspecified atom stereocenters. The molecule has 2 heterocycles. The summed E-state index contributed by atoms with van der Waals surface area (Å²) >= 11 is 6.33. The monoisotopic (exact) mass is 308 g/mol. The van der Waals surface area contributed by atoms with Gasteiger partial charge in [-0.15, -0.1) is 0 Å². The summed E-state index contributed by atoms with van der Waals surface area (Å²) in [7, 11) is 0. The highest BCUT2D eigenvalue weighted by Crippen LogP contribution is 2.39. The summed E-state index contributed by atoms with van der Waals surface area (Å²) in [6.45, 7) is 3.03. The summed E-state index contributed by atoms with van der Waals surface area (Å²) in [5.74, 6) is -0.240. The van der Waals surface area contributed by atoms with Gasteiger partial charge in [-0.05, 0) is 18.6 Å². The predicted octanol–water partition coefficient (Wildman–Crippen LogP) is 1.01. The third-order valence-electron chi connectivity index (χ3n) is 3.93. The molecule has 0 spiro atoms. The Morgan fingerprint density at radius 1 is 1.52 bits per heavy atom. The Hall–Kier alpha value is -1.79. The second kappa shape index (κ2) is 5.20. The third-order valence-corrected chi connectivity index (χ3v) is 4.23. The molecule has 6 nitrogen and oxygen atoms in total. The maximum Gasteiger partial charge on any atom is 0.245 e. The van der Waals surface area contributed by atoms with Crippen molar-refractivity contribution in [3.8, 4) is 0 Å². The highest BCUT2D eigenvalue weighted by molar-refractivity contribution is 6.33. The van der Waals surface area contributed by atoms with Gasteiger partial charge in [-0.3, -0.25) is 9.59 Å². The number of anilines is 2. The van der Waals surface area contributed by atoms with E-state index in [0.29, 0.717) is 11.6 Å². The van der Waals surface area contributed by atoms with Crippen LogP contribution in [0.5, 0.6) is 0 Å². The van der Waals surface area contributed by atoms with Crippen molar-refractivity contribution in [2.45, 2.75) is 25.4 Å². The van der Waals surface area contributed by atoms with Crippen LogP contribution in [0.1, 0.15) is 24.9 Å². The molecule has 0 radical (unpaired) electrons. The van der Waals surface area contributed by atoms with Crippen molar-refractivity contribution in [2.24, 2.45) is 5.73 Å². The number of fused-ring (bicyclic) bond motifs is 1. The first kappa shape index (κ1) is 14.2. The van der Waals surface area contributed by atoms with E-state index in [1.54, 1.807) is 6.07 Å². The smallest absolute Gasteiger partial charge is 0.245 e. The van der Waals surface area contributed by atoms with Gasteiger partial charge in [0.05, 0.1) is 10.7 Å². The molecule has 112 valence electrons. The van der Waals surface area contributed by atoms with Gasteiger partial charge in [0.2, 0.25) is 11.8 Å². The molecule has 0 aliphatic carbocycles. The quantitative estimate of drug-likeness (QED) is 0.761. The molecule has 21 heavy (non-hydrogen) atoms. The zero-order chi connectivity index (χ0) is 15.1. The molecule has 4 N–H and O–H groups in total. The highest BCUT2D eigenvalue weighted by Gasteiger charge is 2.31. The average Bonchev–Trinajstić information content (AvgIpc) is 2.96. The largest absolute Gasteiger partial charge is 0.368 e. The van der Waals surface area contributed by atoms with Gasteiger partial charge in [0.1, 0.15) is 6.04 Å². The Balaban J connectivity index is 1.83. The van der Waals surface area contributed by atoms with E-state index in [1.807, 2.05) is 6.07 Å². The lowest BCUT2D eigenvalue weighted by Crippen LogP contribution is -2.35. The minimum Gasteiger partial charge on any atom is -0.368 e. The van der Waals surface area contributed by atoms with Gasteiger partial charge < -0.3 is 21.3 Å². The van der Waals surface area contributed by atoms with Gasteiger partial charge in [-0.25, -0.2) is 0 Å². The summed E-state index contributed by atoms with van der Waals surface area (Å²) < 4.78 is 0. The summed E-state index contributed by atoms with van der Waals surface area (Å²) in [5, 5.41) is 6.25. The minimum absolute atomic E-state index is 0.0277. The van der Waals surface area contributed by atoms with Gasteiger partial charge in [0.15, 0.2) is 0 Å². The number of halogens is 1. The molecule has 0 aromatic heterocycles. The second-order valence-electron chi connectivity index (χ2n) is 5.49. The van der Waals surface area contributed by atoms with E-state index in [9.17, 15) is 9.59 Å². The van der Waals surface area contributed by atoms with Gasteiger partial charge in [0, 0.05) is 37.3 Å². The molecule has 2 aliphatic heterocycles. The Morgan fingerprint density at radius 2 is 2.29 bits per heavy atom. The molecule has 1 saturated heterocycles. The summed E-state index contributed by atoms with van der Waals surface area (Å²) in [5.41, 5.74) is 8.11. The lowest BCUT2D eigenvalue weighted by Gasteiger charge is -2.21. The molecule has 0 saturated carbocycles. The zero-order valence-corrected chi connectivity index (χ0v) is 12.4. The standard InChI is InChI=1S/C14H17ClN4O2/c1-7(20)17-8-2-3-19(6-8)12-5-11-9(4-10(12)15)13(16)14(21)18-11/h4-5,8,13H,2-3,6,16H2,1H3,(H,17,20)(H,18,21). The van der Waals surface area contributed by atoms with E-state index < -0.39 is 6.04 Å². The van der Waals surface area contributed by atoms with E-state index in [0.717, 1.165) is 29.9 Å². The van der Waals surface area contributed by atoms with E-state index >= 15 is 0 Å². The van der Waals surface area contributed by atoms with Crippen LogP contribution in [0.4, 0.5) is 11.4 Å². The molecule has 1 aromatic rings. The summed E-state index contributed by atoms with van der Waals surface area (Å²) in [4.78, 5) is 24.8. The molecule has 7 heteroatoms. The number of rotatable bonds is 2. The lowest BCUT2D eigenvalue weighted by atomic mass is 10.1. The third kappa shape index (κ3) is 2.56. The topological polar surface area (TPSA) is 87.5 Å². The van der Waals surface area contributed by atoms with Gasteiger partial charge in [-0.1, -0.05) is 11.6 Å². The number of carbonyl (C=O) groups is 2. The molecule has 1 aromatic carbocycles. The van der Waals surface area contributed by atoms with Crippen molar-refractivity contribution in [3.63, 3.8) is 0 Å². The van der Waals surface area contributed by atoms with Gasteiger partial charge in [0.25, 0.3) is 0 Å². The van der Waals surface area contributed by atoms with E-state index in [1.165, 1.54) is 6.92 Å². The van der Waals surface area contributed by atoms with Crippen molar-refractivity contribution in [1.29, 1.82) is 0 Å². The first-order valence-electron chi connectivity index (χ1n) is 6.87. The fourth-order valence-corrected chi connectivity index (χ4v) is 3.21. The van der Waals surface area contributed by atoms with Crippen molar-refractivity contribution in [3.05, 3.63) is 22.7 Å². The SMILES string of the molecule is CC(=O)NC1CCN(c2cc3c(cc2Cl)C(N)C(=O)N3)C1. The number of nitrogens with zero attached hydrogens (tertiary/aromatic N) is 1. The van der Waals surface area contributed by atoms with Crippen LogP contribution in [-0.4, -0.2) is 30.9 Å². The predicted molar refractivity (Wildman–Crippen MR) is 81.4 cm³/mol. The normalized spacial score (nSPS) is 24.0. The second-order valence-corrected chi connectivity index (χ2v) is 5.90. The Bertz CT molecular complexity index is 619. The number of hydrogen-bond acceptors (Lipinski definition) is 4. The van der Waals surface area contributed by atoms with Crippen LogP contribution in [0.3, 0.4) is 0 Å². The Labute approximate surface area is 127 Å². The van der Waals surface area contributed by atoms with Crippen LogP contribution in [0.15, 0.2) is 12.1 Å². The fraction of sp³-hybridized carbons (Fsp3) is 0.429. The lowest BCUT2D eigenvalue weighted by molar-refractivity contribution is -0.119. The number of hydrogen-bond donors (Lipinski definition) is 3. The van der Waals surface area contributed by atoms with Crippen molar-refractivity contribution in [2.75, 3.05) is 23.3 Å². The first-order chi connectivity index (χ1) is 9.95. The Kier molecular flexibility index (Phi) is 3.51. The molecular formula is C14H17ClN4O2. The number of carbonyl (C=O) groups excluding carboxylic acids is 2. The maximum absolute atomic E-state index is 11.6. The van der Waals surface area contributed by atoms with E-state index in [-0.39, 0.29) is 17.9 Å². The summed E-state index contributed by atoms with van der Waals surface area (Å²) in [6, 6.07) is 3.08. The van der Waals surface area contributed by atoms with Crippen LogP contribution in [0, 0.1) is 0 Å². The Morgan fingerprint density at radius 3 is 3.00 bits per heavy atom. The van der Waals surface area contributed by atoms with Crippen LogP contribution in [-0.2, 0) is 9.59 Å². The fourth-order valence-electron chi connectivity index (χ4n) is 2.92. The van der Waals surface area contributed by atoms with Crippen LogP contribution >= 0.6 is 11.6 Å². The average molecular weight is 309 g/mol. The van der Waals surface area contributed by atoms with Crippen LogP contribution in [0.25, 0.3) is 0 Å². The van der Waals surface area contributed by atoms with Crippen molar-refractivity contribution < 1.29 is 9.59 Å². The van der Waals surface area contributed by atoms with Crippen molar-refractivity contribution in [1.82, 2.24) is 5.32 Å². The molecule has 2 aliphatic rings. The number of nitrogens with two attached hydrogens (primary N) is 1. The van der Waals surface area contributed by atoms with Gasteiger partial charge >= 0.3 is 0 Å². The maximum atomic E-state index is 11.6. The molecule has 3 rings (SSSR count). The molecular weight excluding hydrogens is 292 g/mol. The molecule has 2 amide bonds. The first-order valence-corrected chi connectivity index (χ1v) is 7.25. The number of nitrogens with one attached hydrogen (secondary N) is 2. The minimum atomic E-state index is -0.655. The zero-order valence-electron chi connectivity index (χ0n) is 11.6. The van der Waals surface area contributed by atoms with Crippen LogP contribution in [0.2, 0.25) is 5.02 Å². The van der Waals surface area contributed by atoms with E-state index in [4.69, 9.17) is 17.3 Å². The molecule has 1 fully saturated rings. The van der Waals surface area contributed by atoms with Gasteiger partial charge in [-0.2, -0.15) is 0 Å². The van der Waals surface area contributed by atoms with Crippen LogP contribution < -0.4 is 21.3 Å². The van der Waals surface area contributed by atoms with E-state index in [2.05, 4.69) is 15.5 Å². The summed E-state index contributed by atoms with van der Waals surface area (Å²) in [6.07, 6.45) is 0.874. The molecule has 2 atom stereocenters. The number of benzene rings is 1. The molecule has 0 bridgehead atoms. The highest BCUT2D eigenvalue weighted by atomic mass is 35.5.